The van der Waals surface area contributed by atoms with E-state index in [1.807, 2.05) is 19.9 Å². The number of rotatable bonds is 5. The number of hydrogen-bond acceptors (Lipinski definition) is 2. The number of aromatic nitrogens is 1. The highest BCUT2D eigenvalue weighted by atomic mass is 16.2. The van der Waals surface area contributed by atoms with Gasteiger partial charge in [-0.05, 0) is 56.7 Å². The van der Waals surface area contributed by atoms with Crippen molar-refractivity contribution in [1.82, 2.24) is 15.6 Å². The van der Waals surface area contributed by atoms with Gasteiger partial charge in [0.05, 0.1) is 12.6 Å². The number of hydrogen-bond donors (Lipinski definition) is 3. The normalized spacial score (nSPS) is 14.8. The van der Waals surface area contributed by atoms with Crippen LogP contribution in [0.5, 0.6) is 0 Å². The summed E-state index contributed by atoms with van der Waals surface area (Å²) in [6, 6.07) is 9.99. The molecule has 1 heterocycles. The molecule has 3 rings (SSSR count). The summed E-state index contributed by atoms with van der Waals surface area (Å²) in [6.45, 7) is 6.01. The topological polar surface area (TPSA) is 74.0 Å². The van der Waals surface area contributed by atoms with Gasteiger partial charge in [-0.25, -0.2) is 4.79 Å². The molecule has 0 bridgehead atoms. The number of nitrogens with one attached hydrogen (secondary N) is 3. The predicted octanol–water partition coefficient (Wildman–Crippen LogP) is 3.25. The summed E-state index contributed by atoms with van der Waals surface area (Å²) in [5.41, 5.74) is 4.50. The molecule has 0 spiro atoms. The van der Waals surface area contributed by atoms with E-state index >= 15 is 0 Å². The largest absolute Gasteiger partial charge is 0.334 e. The first-order chi connectivity index (χ1) is 11.9. The number of amides is 2. The van der Waals surface area contributed by atoms with E-state index in [-0.39, 0.29) is 24.2 Å². The van der Waals surface area contributed by atoms with E-state index in [4.69, 9.17) is 0 Å². The minimum atomic E-state index is -0.239. The van der Waals surface area contributed by atoms with Crippen LogP contribution in [0.15, 0.2) is 35.1 Å². The fourth-order valence-electron chi connectivity index (χ4n) is 3.14. The number of urea groups is 1. The van der Waals surface area contributed by atoms with Crippen LogP contribution >= 0.6 is 0 Å². The molecule has 0 radical (unpaired) electrons. The van der Waals surface area contributed by atoms with Crippen molar-refractivity contribution in [1.29, 1.82) is 0 Å². The number of aromatic amines is 1. The van der Waals surface area contributed by atoms with Crippen LogP contribution in [0.1, 0.15) is 46.8 Å². The van der Waals surface area contributed by atoms with E-state index in [0.29, 0.717) is 11.5 Å². The van der Waals surface area contributed by atoms with Gasteiger partial charge in [-0.3, -0.25) is 4.79 Å². The lowest BCUT2D eigenvalue weighted by atomic mass is 10.0. The van der Waals surface area contributed by atoms with Crippen LogP contribution in [0.4, 0.5) is 4.79 Å². The minimum absolute atomic E-state index is 0.0259. The van der Waals surface area contributed by atoms with Crippen LogP contribution in [0.25, 0.3) is 0 Å². The third kappa shape index (κ3) is 4.29. The SMILES string of the molecule is Cc1ccc([C@@H](NC(=O)NCc2c(C)cc(C)[nH]c2=O)C2CC2)cc1. The fraction of sp³-hybridized carbons (Fsp3) is 0.400. The maximum Gasteiger partial charge on any atom is 0.315 e. The van der Waals surface area contributed by atoms with Crippen molar-refractivity contribution in [2.45, 2.75) is 46.2 Å². The third-order valence-electron chi connectivity index (χ3n) is 4.74. The highest BCUT2D eigenvalue weighted by Gasteiger charge is 2.33. The van der Waals surface area contributed by atoms with Crippen LogP contribution in [-0.4, -0.2) is 11.0 Å². The second kappa shape index (κ2) is 7.13. The van der Waals surface area contributed by atoms with Crippen molar-refractivity contribution in [3.63, 3.8) is 0 Å². The molecule has 0 aliphatic heterocycles. The van der Waals surface area contributed by atoms with Crippen molar-refractivity contribution in [2.75, 3.05) is 0 Å². The first-order valence-electron chi connectivity index (χ1n) is 8.74. The fourth-order valence-corrected chi connectivity index (χ4v) is 3.14. The summed E-state index contributed by atoms with van der Waals surface area (Å²) in [5, 5.41) is 5.90. The van der Waals surface area contributed by atoms with E-state index in [1.165, 1.54) is 5.56 Å². The highest BCUT2D eigenvalue weighted by Crippen LogP contribution is 2.40. The average Bonchev–Trinajstić information content (AvgIpc) is 3.37. The number of carbonyl (C=O) groups excluding carboxylic acids is 1. The Bertz CT molecular complexity index is 820. The zero-order valence-corrected chi connectivity index (χ0v) is 15.0. The summed E-state index contributed by atoms with van der Waals surface area (Å²) in [6.07, 6.45) is 2.27. The Morgan fingerprint density at radius 2 is 1.88 bits per heavy atom. The zero-order valence-electron chi connectivity index (χ0n) is 15.0. The number of H-pyrrole nitrogens is 1. The van der Waals surface area contributed by atoms with Gasteiger partial charge in [0.15, 0.2) is 0 Å². The van der Waals surface area contributed by atoms with Crippen LogP contribution in [0, 0.1) is 26.7 Å². The smallest absolute Gasteiger partial charge is 0.315 e. The van der Waals surface area contributed by atoms with E-state index in [2.05, 4.69) is 46.8 Å². The molecular formula is C20H25N3O2. The standard InChI is InChI=1S/C20H25N3O2/c1-12-4-6-15(7-5-12)18(16-8-9-16)23-20(25)21-11-17-13(2)10-14(3)22-19(17)24/h4-7,10,16,18H,8-9,11H2,1-3H3,(H,22,24)(H2,21,23,25)/t18-/m1/s1. The lowest BCUT2D eigenvalue weighted by Crippen LogP contribution is -2.39. The Morgan fingerprint density at radius 1 is 1.20 bits per heavy atom. The molecule has 0 saturated heterocycles. The second-order valence-corrected chi connectivity index (χ2v) is 7.00. The molecule has 1 atom stereocenters. The molecule has 2 amide bonds. The van der Waals surface area contributed by atoms with E-state index in [9.17, 15) is 9.59 Å². The first-order valence-corrected chi connectivity index (χ1v) is 8.74. The lowest BCUT2D eigenvalue weighted by Gasteiger charge is -2.19. The zero-order chi connectivity index (χ0) is 18.0. The summed E-state index contributed by atoms with van der Waals surface area (Å²) < 4.78 is 0. The maximum atomic E-state index is 12.4. The van der Waals surface area contributed by atoms with E-state index in [0.717, 1.165) is 29.7 Å². The van der Waals surface area contributed by atoms with E-state index in [1.54, 1.807) is 0 Å². The van der Waals surface area contributed by atoms with Crippen molar-refractivity contribution < 1.29 is 4.79 Å². The highest BCUT2D eigenvalue weighted by molar-refractivity contribution is 5.74. The number of pyridine rings is 1. The van der Waals surface area contributed by atoms with Gasteiger partial charge in [-0.1, -0.05) is 29.8 Å². The summed E-state index contributed by atoms with van der Waals surface area (Å²) >= 11 is 0. The van der Waals surface area contributed by atoms with Crippen molar-refractivity contribution in [3.8, 4) is 0 Å². The second-order valence-electron chi connectivity index (χ2n) is 7.00. The first kappa shape index (κ1) is 17.3. The Balaban J connectivity index is 1.65. The molecule has 1 saturated carbocycles. The molecule has 1 fully saturated rings. The predicted molar refractivity (Wildman–Crippen MR) is 98.6 cm³/mol. The summed E-state index contributed by atoms with van der Waals surface area (Å²) in [4.78, 5) is 27.2. The lowest BCUT2D eigenvalue weighted by molar-refractivity contribution is 0.235. The molecule has 1 aromatic carbocycles. The van der Waals surface area contributed by atoms with Gasteiger partial charge in [0.1, 0.15) is 0 Å². The molecular weight excluding hydrogens is 314 g/mol. The van der Waals surface area contributed by atoms with Gasteiger partial charge >= 0.3 is 6.03 Å². The molecule has 2 aromatic rings. The van der Waals surface area contributed by atoms with Crippen molar-refractivity contribution >= 4 is 6.03 Å². The van der Waals surface area contributed by atoms with Gasteiger partial charge in [-0.15, -0.1) is 0 Å². The third-order valence-corrected chi connectivity index (χ3v) is 4.74. The summed E-state index contributed by atoms with van der Waals surface area (Å²) in [5.74, 6) is 0.498. The molecule has 0 unspecified atom stereocenters. The molecule has 1 aliphatic rings. The van der Waals surface area contributed by atoms with E-state index < -0.39 is 0 Å². The van der Waals surface area contributed by atoms with Crippen molar-refractivity contribution in [3.05, 3.63) is 68.6 Å². The molecule has 132 valence electrons. The molecule has 5 heteroatoms. The van der Waals surface area contributed by atoms with Crippen LogP contribution < -0.4 is 16.2 Å². The monoisotopic (exact) mass is 339 g/mol. The van der Waals surface area contributed by atoms with Gasteiger partial charge in [0.2, 0.25) is 0 Å². The molecule has 1 aromatic heterocycles. The molecule has 25 heavy (non-hydrogen) atoms. The van der Waals surface area contributed by atoms with Crippen LogP contribution in [0.2, 0.25) is 0 Å². The molecule has 1 aliphatic carbocycles. The van der Waals surface area contributed by atoms with Gasteiger partial charge < -0.3 is 15.6 Å². The van der Waals surface area contributed by atoms with Gasteiger partial charge in [-0.2, -0.15) is 0 Å². The van der Waals surface area contributed by atoms with Gasteiger partial charge in [0.25, 0.3) is 5.56 Å². The Kier molecular flexibility index (Phi) is 4.93. The quantitative estimate of drug-likeness (QED) is 0.782. The summed E-state index contributed by atoms with van der Waals surface area (Å²) in [7, 11) is 0. The molecule has 5 nitrogen and oxygen atoms in total. The number of aryl methyl sites for hydroxylation is 3. The Hall–Kier alpha value is -2.56. The van der Waals surface area contributed by atoms with Crippen LogP contribution in [-0.2, 0) is 6.54 Å². The van der Waals surface area contributed by atoms with Crippen molar-refractivity contribution in [2.24, 2.45) is 5.92 Å². The molecule has 3 N–H and O–H groups in total. The number of carbonyl (C=O) groups is 1. The Labute approximate surface area is 147 Å². The van der Waals surface area contributed by atoms with Gasteiger partial charge in [0, 0.05) is 11.3 Å². The maximum absolute atomic E-state index is 12.4. The average molecular weight is 339 g/mol. The van der Waals surface area contributed by atoms with Crippen LogP contribution in [0.3, 0.4) is 0 Å². The minimum Gasteiger partial charge on any atom is -0.334 e. The Morgan fingerprint density at radius 3 is 2.48 bits per heavy atom. The number of benzene rings is 1.